The monoisotopic (exact) mass is 247 g/mol. The van der Waals surface area contributed by atoms with Crippen molar-refractivity contribution in [3.05, 3.63) is 29.6 Å². The van der Waals surface area contributed by atoms with Crippen molar-refractivity contribution in [2.45, 2.75) is 37.8 Å². The lowest BCUT2D eigenvalue weighted by Gasteiger charge is -2.29. The molecule has 2 nitrogen and oxygen atoms in total. The Kier molecular flexibility index (Phi) is 3.04. The number of aliphatic hydroxyl groups is 1. The Hall–Kier alpha value is -1.06. The highest BCUT2D eigenvalue weighted by Gasteiger charge is 2.22. The van der Waals surface area contributed by atoms with Crippen LogP contribution in [0.2, 0.25) is 0 Å². The lowest BCUT2D eigenvalue weighted by molar-refractivity contribution is 0.116. The molecular weight excluding hydrogens is 230 g/mol. The molecule has 1 saturated carbocycles. The van der Waals surface area contributed by atoms with E-state index >= 15 is 0 Å². The van der Waals surface area contributed by atoms with Gasteiger partial charge in [-0.15, -0.1) is 11.3 Å². The second-order valence-corrected chi connectivity index (χ2v) is 5.72. The summed E-state index contributed by atoms with van der Waals surface area (Å²) in [5, 5.41) is 16.8. The highest BCUT2D eigenvalue weighted by atomic mass is 32.1. The van der Waals surface area contributed by atoms with Crippen molar-refractivity contribution in [2.75, 3.05) is 5.32 Å². The molecular formula is C14H17NOS. The number of hydrogen-bond acceptors (Lipinski definition) is 3. The summed E-state index contributed by atoms with van der Waals surface area (Å²) in [6, 6.07) is 8.80. The molecule has 2 aromatic rings. The Morgan fingerprint density at radius 1 is 1.18 bits per heavy atom. The molecule has 90 valence electrons. The number of thiophene rings is 1. The molecule has 1 aliphatic rings. The van der Waals surface area contributed by atoms with Crippen molar-refractivity contribution in [1.29, 1.82) is 0 Å². The molecule has 17 heavy (non-hydrogen) atoms. The van der Waals surface area contributed by atoms with Crippen LogP contribution in [0, 0.1) is 0 Å². The van der Waals surface area contributed by atoms with E-state index in [0.29, 0.717) is 0 Å². The molecule has 2 N–H and O–H groups in total. The standard InChI is InChI=1S/C14H17NOS/c16-13-4-2-1-3-12(13)15-11-5-6-14-10(9-11)7-8-17-14/h5-9,12-13,15-16H,1-4H2/t12-,13-/m0/s1. The summed E-state index contributed by atoms with van der Waals surface area (Å²) in [6.45, 7) is 0. The molecule has 1 aromatic carbocycles. The summed E-state index contributed by atoms with van der Waals surface area (Å²) in [6.07, 6.45) is 4.18. The summed E-state index contributed by atoms with van der Waals surface area (Å²) in [4.78, 5) is 0. The van der Waals surface area contributed by atoms with Crippen LogP contribution in [0.4, 0.5) is 5.69 Å². The molecule has 1 aliphatic carbocycles. The first kappa shape index (κ1) is 11.1. The third kappa shape index (κ3) is 2.31. The first-order valence-corrected chi connectivity index (χ1v) is 7.13. The molecule has 1 aromatic heterocycles. The molecule has 1 fully saturated rings. The lowest BCUT2D eigenvalue weighted by Crippen LogP contribution is -2.36. The molecule has 0 aliphatic heterocycles. The number of anilines is 1. The van der Waals surface area contributed by atoms with Gasteiger partial charge in [0.2, 0.25) is 0 Å². The van der Waals surface area contributed by atoms with E-state index in [1.54, 1.807) is 11.3 Å². The Morgan fingerprint density at radius 3 is 2.94 bits per heavy atom. The third-order valence-electron chi connectivity index (χ3n) is 3.53. The number of rotatable bonds is 2. The minimum atomic E-state index is -0.193. The Bertz CT molecular complexity index is 508. The van der Waals surface area contributed by atoms with E-state index in [2.05, 4.69) is 35.0 Å². The molecule has 3 heteroatoms. The van der Waals surface area contributed by atoms with Crippen molar-refractivity contribution in [3.63, 3.8) is 0 Å². The van der Waals surface area contributed by atoms with Gasteiger partial charge in [0.15, 0.2) is 0 Å². The van der Waals surface area contributed by atoms with E-state index in [4.69, 9.17) is 0 Å². The van der Waals surface area contributed by atoms with Crippen LogP contribution in [0.1, 0.15) is 25.7 Å². The summed E-state index contributed by atoms with van der Waals surface area (Å²) in [5.74, 6) is 0. The summed E-state index contributed by atoms with van der Waals surface area (Å²) in [5.41, 5.74) is 1.13. The van der Waals surface area contributed by atoms with E-state index < -0.39 is 0 Å². The fraction of sp³-hybridized carbons (Fsp3) is 0.429. The summed E-state index contributed by atoms with van der Waals surface area (Å²) < 4.78 is 1.32. The van der Waals surface area contributed by atoms with E-state index in [1.807, 2.05) is 0 Å². The smallest absolute Gasteiger partial charge is 0.0741 e. The average molecular weight is 247 g/mol. The van der Waals surface area contributed by atoms with E-state index in [-0.39, 0.29) is 12.1 Å². The zero-order chi connectivity index (χ0) is 11.7. The molecule has 0 amide bonds. The van der Waals surface area contributed by atoms with Crippen molar-refractivity contribution in [2.24, 2.45) is 0 Å². The quantitative estimate of drug-likeness (QED) is 0.849. The SMILES string of the molecule is O[C@H]1CCCC[C@@H]1Nc1ccc2sccc2c1. The van der Waals surface area contributed by atoms with Gasteiger partial charge in [0, 0.05) is 10.4 Å². The fourth-order valence-electron chi connectivity index (χ4n) is 2.55. The maximum atomic E-state index is 9.94. The Labute approximate surface area is 105 Å². The van der Waals surface area contributed by atoms with Crippen LogP contribution >= 0.6 is 11.3 Å². The molecule has 0 saturated heterocycles. The van der Waals surface area contributed by atoms with Gasteiger partial charge in [-0.05, 0) is 47.9 Å². The van der Waals surface area contributed by atoms with Crippen LogP contribution < -0.4 is 5.32 Å². The average Bonchev–Trinajstić information content (AvgIpc) is 2.79. The van der Waals surface area contributed by atoms with E-state index in [9.17, 15) is 5.11 Å². The molecule has 0 unspecified atom stereocenters. The van der Waals surface area contributed by atoms with Gasteiger partial charge in [0.25, 0.3) is 0 Å². The van der Waals surface area contributed by atoms with E-state index in [0.717, 1.165) is 24.9 Å². The van der Waals surface area contributed by atoms with E-state index in [1.165, 1.54) is 16.5 Å². The maximum absolute atomic E-state index is 9.94. The van der Waals surface area contributed by atoms with Crippen LogP contribution in [0.15, 0.2) is 29.6 Å². The molecule has 0 radical (unpaired) electrons. The first-order valence-electron chi connectivity index (χ1n) is 6.25. The van der Waals surface area contributed by atoms with Gasteiger partial charge in [0.05, 0.1) is 12.1 Å². The van der Waals surface area contributed by atoms with Gasteiger partial charge in [0.1, 0.15) is 0 Å². The van der Waals surface area contributed by atoms with Gasteiger partial charge in [-0.1, -0.05) is 12.8 Å². The van der Waals surface area contributed by atoms with Gasteiger partial charge in [-0.3, -0.25) is 0 Å². The molecule has 1 heterocycles. The largest absolute Gasteiger partial charge is 0.391 e. The number of fused-ring (bicyclic) bond motifs is 1. The number of aliphatic hydroxyl groups excluding tert-OH is 1. The Morgan fingerprint density at radius 2 is 2.06 bits per heavy atom. The van der Waals surface area contributed by atoms with Gasteiger partial charge in [-0.2, -0.15) is 0 Å². The first-order chi connectivity index (χ1) is 8.33. The maximum Gasteiger partial charge on any atom is 0.0741 e. The van der Waals surface area contributed by atoms with Crippen molar-refractivity contribution in [1.82, 2.24) is 0 Å². The molecule has 0 bridgehead atoms. The number of nitrogens with one attached hydrogen (secondary N) is 1. The van der Waals surface area contributed by atoms with Crippen LogP contribution in [-0.2, 0) is 0 Å². The highest BCUT2D eigenvalue weighted by Crippen LogP contribution is 2.27. The minimum Gasteiger partial charge on any atom is -0.391 e. The zero-order valence-corrected chi connectivity index (χ0v) is 10.5. The number of hydrogen-bond donors (Lipinski definition) is 2. The second kappa shape index (κ2) is 4.67. The fourth-order valence-corrected chi connectivity index (χ4v) is 3.32. The Balaban J connectivity index is 1.79. The zero-order valence-electron chi connectivity index (χ0n) is 9.73. The summed E-state index contributed by atoms with van der Waals surface area (Å²) in [7, 11) is 0. The van der Waals surface area contributed by atoms with Crippen molar-refractivity contribution in [3.8, 4) is 0 Å². The molecule has 3 rings (SSSR count). The predicted molar refractivity (Wildman–Crippen MR) is 73.7 cm³/mol. The van der Waals surface area contributed by atoms with Gasteiger partial charge < -0.3 is 10.4 Å². The topological polar surface area (TPSA) is 32.3 Å². The third-order valence-corrected chi connectivity index (χ3v) is 4.43. The number of benzene rings is 1. The van der Waals surface area contributed by atoms with Gasteiger partial charge >= 0.3 is 0 Å². The van der Waals surface area contributed by atoms with Crippen molar-refractivity contribution < 1.29 is 5.11 Å². The molecule has 0 spiro atoms. The molecule has 2 atom stereocenters. The van der Waals surface area contributed by atoms with Crippen molar-refractivity contribution >= 4 is 27.1 Å². The van der Waals surface area contributed by atoms with Gasteiger partial charge in [-0.25, -0.2) is 0 Å². The predicted octanol–water partition coefficient (Wildman–Crippen LogP) is 3.62. The highest BCUT2D eigenvalue weighted by molar-refractivity contribution is 7.17. The minimum absolute atomic E-state index is 0.193. The lowest BCUT2D eigenvalue weighted by atomic mass is 9.92. The van der Waals surface area contributed by atoms with Crippen LogP contribution in [0.5, 0.6) is 0 Å². The summed E-state index contributed by atoms with van der Waals surface area (Å²) >= 11 is 1.77. The van der Waals surface area contributed by atoms with Crippen LogP contribution in [0.3, 0.4) is 0 Å². The van der Waals surface area contributed by atoms with Crippen LogP contribution in [0.25, 0.3) is 10.1 Å². The van der Waals surface area contributed by atoms with Crippen LogP contribution in [-0.4, -0.2) is 17.3 Å². The second-order valence-electron chi connectivity index (χ2n) is 4.78. The normalized spacial score (nSPS) is 25.0.